The largest absolute Gasteiger partial charge is 0.353 e. The Hall–Kier alpha value is -0.570. The second-order valence-corrected chi connectivity index (χ2v) is 6.20. The van der Waals surface area contributed by atoms with Gasteiger partial charge in [-0.25, -0.2) is 0 Å². The van der Waals surface area contributed by atoms with Crippen LogP contribution in [0.15, 0.2) is 0 Å². The molecule has 0 radical (unpaired) electrons. The molecule has 0 bridgehead atoms. The van der Waals surface area contributed by atoms with Gasteiger partial charge < -0.3 is 10.2 Å². The molecule has 1 N–H and O–H groups in total. The Morgan fingerprint density at radius 2 is 1.94 bits per heavy atom. The minimum atomic E-state index is 0.119. The maximum absolute atomic E-state index is 11.6. The molecule has 0 aromatic rings. The van der Waals surface area contributed by atoms with Crippen LogP contribution >= 0.6 is 0 Å². The number of nitrogens with one attached hydrogen (secondary N) is 1. The zero-order valence-corrected chi connectivity index (χ0v) is 11.5. The van der Waals surface area contributed by atoms with E-state index in [1.807, 2.05) is 13.8 Å². The molecular formula is C14H26N2O. The number of hydrogen-bond acceptors (Lipinski definition) is 2. The van der Waals surface area contributed by atoms with Crippen molar-refractivity contribution in [1.82, 2.24) is 10.2 Å². The van der Waals surface area contributed by atoms with Gasteiger partial charge in [0.1, 0.15) is 0 Å². The monoisotopic (exact) mass is 238 g/mol. The first-order chi connectivity index (χ1) is 8.04. The molecule has 1 saturated heterocycles. The number of nitrogens with zero attached hydrogens (tertiary/aromatic N) is 1. The van der Waals surface area contributed by atoms with E-state index in [1.165, 1.54) is 45.3 Å². The fourth-order valence-electron chi connectivity index (χ4n) is 3.21. The molecule has 1 amide bonds. The Morgan fingerprint density at radius 3 is 2.41 bits per heavy atom. The van der Waals surface area contributed by atoms with Gasteiger partial charge in [0.05, 0.1) is 0 Å². The number of likely N-dealkylation sites (tertiary alicyclic amines) is 1. The Balaban J connectivity index is 1.73. The van der Waals surface area contributed by atoms with Crippen LogP contribution in [0.25, 0.3) is 0 Å². The predicted octanol–water partition coefficient (Wildman–Crippen LogP) is 2.02. The first kappa shape index (κ1) is 12.9. The molecule has 1 heterocycles. The molecule has 0 atom stereocenters. The van der Waals surface area contributed by atoms with Crippen molar-refractivity contribution in [1.29, 1.82) is 0 Å². The van der Waals surface area contributed by atoms with E-state index in [4.69, 9.17) is 0 Å². The summed E-state index contributed by atoms with van der Waals surface area (Å²) in [6.45, 7) is 9.85. The molecule has 98 valence electrons. The highest BCUT2D eigenvalue weighted by atomic mass is 16.1. The molecule has 0 unspecified atom stereocenters. The highest BCUT2D eigenvalue weighted by Gasteiger charge is 2.45. The van der Waals surface area contributed by atoms with Crippen LogP contribution in [0.3, 0.4) is 0 Å². The summed E-state index contributed by atoms with van der Waals surface area (Å²) in [6, 6.07) is 0.457. The molecule has 1 saturated carbocycles. The lowest BCUT2D eigenvalue weighted by Gasteiger charge is -2.52. The third-order valence-electron chi connectivity index (χ3n) is 4.59. The van der Waals surface area contributed by atoms with Crippen molar-refractivity contribution in [3.8, 4) is 0 Å². The minimum Gasteiger partial charge on any atom is -0.353 e. The van der Waals surface area contributed by atoms with Crippen molar-refractivity contribution in [2.75, 3.05) is 19.6 Å². The summed E-state index contributed by atoms with van der Waals surface area (Å²) in [7, 11) is 0. The lowest BCUT2D eigenvalue weighted by atomic mass is 9.60. The predicted molar refractivity (Wildman–Crippen MR) is 69.8 cm³/mol. The zero-order valence-electron chi connectivity index (χ0n) is 11.5. The summed E-state index contributed by atoms with van der Waals surface area (Å²) in [4.78, 5) is 14.1. The van der Waals surface area contributed by atoms with Gasteiger partial charge in [-0.3, -0.25) is 4.79 Å². The normalized spacial score (nSPS) is 24.9. The zero-order chi connectivity index (χ0) is 12.5. The van der Waals surface area contributed by atoms with Gasteiger partial charge in [0.2, 0.25) is 5.91 Å². The molecule has 1 aliphatic heterocycles. The molecule has 3 nitrogen and oxygen atoms in total. The highest BCUT2D eigenvalue weighted by Crippen LogP contribution is 2.49. The first-order valence-electron chi connectivity index (χ1n) is 7.07. The lowest BCUT2D eigenvalue weighted by molar-refractivity contribution is -0.126. The van der Waals surface area contributed by atoms with E-state index in [2.05, 4.69) is 17.1 Å². The van der Waals surface area contributed by atoms with Gasteiger partial charge in [-0.15, -0.1) is 0 Å². The molecular weight excluding hydrogens is 212 g/mol. The number of piperidine rings is 1. The molecule has 2 rings (SSSR count). The SMILES string of the molecule is CCN1CCC2(CC1)CC(NC(=O)C(C)C)C2. The number of carbonyl (C=O) groups is 1. The van der Waals surface area contributed by atoms with Crippen molar-refractivity contribution < 1.29 is 4.79 Å². The summed E-state index contributed by atoms with van der Waals surface area (Å²) in [5.41, 5.74) is 0.570. The van der Waals surface area contributed by atoms with Gasteiger partial charge >= 0.3 is 0 Å². The van der Waals surface area contributed by atoms with E-state index in [1.54, 1.807) is 0 Å². The third-order valence-corrected chi connectivity index (χ3v) is 4.59. The van der Waals surface area contributed by atoms with Crippen LogP contribution in [-0.4, -0.2) is 36.5 Å². The Morgan fingerprint density at radius 1 is 1.35 bits per heavy atom. The van der Waals surface area contributed by atoms with Crippen LogP contribution < -0.4 is 5.32 Å². The number of hydrogen-bond donors (Lipinski definition) is 1. The molecule has 1 aliphatic carbocycles. The second-order valence-electron chi connectivity index (χ2n) is 6.20. The van der Waals surface area contributed by atoms with E-state index in [-0.39, 0.29) is 11.8 Å². The van der Waals surface area contributed by atoms with Gasteiger partial charge in [0, 0.05) is 12.0 Å². The fourth-order valence-corrected chi connectivity index (χ4v) is 3.21. The summed E-state index contributed by atoms with van der Waals surface area (Å²) < 4.78 is 0. The van der Waals surface area contributed by atoms with E-state index in [9.17, 15) is 4.79 Å². The van der Waals surface area contributed by atoms with Crippen LogP contribution in [0, 0.1) is 11.3 Å². The molecule has 1 spiro atoms. The van der Waals surface area contributed by atoms with Crippen molar-refractivity contribution in [2.24, 2.45) is 11.3 Å². The standard InChI is InChI=1S/C14H26N2O/c1-4-16-7-5-14(6-8-16)9-12(10-14)15-13(17)11(2)3/h11-12H,4-10H2,1-3H3,(H,15,17). The Kier molecular flexibility index (Phi) is 3.76. The van der Waals surface area contributed by atoms with Crippen LogP contribution in [0.4, 0.5) is 0 Å². The number of carbonyl (C=O) groups excluding carboxylic acids is 1. The molecule has 0 aromatic heterocycles. The summed E-state index contributed by atoms with van der Waals surface area (Å²) >= 11 is 0. The Labute approximate surface area is 105 Å². The molecule has 2 aliphatic rings. The van der Waals surface area contributed by atoms with Gasteiger partial charge in [-0.05, 0) is 50.7 Å². The smallest absolute Gasteiger partial charge is 0.222 e. The molecule has 2 fully saturated rings. The molecule has 17 heavy (non-hydrogen) atoms. The fraction of sp³-hybridized carbons (Fsp3) is 0.929. The average molecular weight is 238 g/mol. The van der Waals surface area contributed by atoms with Gasteiger partial charge in [-0.1, -0.05) is 20.8 Å². The van der Waals surface area contributed by atoms with E-state index >= 15 is 0 Å². The van der Waals surface area contributed by atoms with Crippen LogP contribution in [0.1, 0.15) is 46.5 Å². The minimum absolute atomic E-state index is 0.119. The van der Waals surface area contributed by atoms with Gasteiger partial charge in [0.25, 0.3) is 0 Å². The van der Waals surface area contributed by atoms with Crippen LogP contribution in [-0.2, 0) is 4.79 Å². The van der Waals surface area contributed by atoms with Crippen LogP contribution in [0.2, 0.25) is 0 Å². The van der Waals surface area contributed by atoms with E-state index in [0.29, 0.717) is 11.5 Å². The lowest BCUT2D eigenvalue weighted by Crippen LogP contribution is -2.55. The summed E-state index contributed by atoms with van der Waals surface area (Å²) in [6.07, 6.45) is 5.08. The second kappa shape index (κ2) is 4.97. The third kappa shape index (κ3) is 2.82. The van der Waals surface area contributed by atoms with Crippen LogP contribution in [0.5, 0.6) is 0 Å². The molecule has 0 aromatic carbocycles. The van der Waals surface area contributed by atoms with E-state index in [0.717, 1.165) is 0 Å². The maximum Gasteiger partial charge on any atom is 0.222 e. The summed E-state index contributed by atoms with van der Waals surface area (Å²) in [5, 5.41) is 3.16. The van der Waals surface area contributed by atoms with Gasteiger partial charge in [-0.2, -0.15) is 0 Å². The first-order valence-corrected chi connectivity index (χ1v) is 7.07. The maximum atomic E-state index is 11.6. The van der Waals surface area contributed by atoms with Crippen molar-refractivity contribution in [3.63, 3.8) is 0 Å². The Bertz CT molecular complexity index is 272. The number of amides is 1. The average Bonchev–Trinajstić information content (AvgIpc) is 2.27. The molecule has 3 heteroatoms. The summed E-state index contributed by atoms with van der Waals surface area (Å²) in [5.74, 6) is 0.337. The van der Waals surface area contributed by atoms with Gasteiger partial charge in [0.15, 0.2) is 0 Å². The van der Waals surface area contributed by atoms with E-state index < -0.39 is 0 Å². The quantitative estimate of drug-likeness (QED) is 0.816. The topological polar surface area (TPSA) is 32.3 Å². The van der Waals surface area contributed by atoms with Crippen molar-refractivity contribution >= 4 is 5.91 Å². The van der Waals surface area contributed by atoms with Crippen molar-refractivity contribution in [3.05, 3.63) is 0 Å². The highest BCUT2D eigenvalue weighted by molar-refractivity contribution is 5.78. The van der Waals surface area contributed by atoms with Crippen molar-refractivity contribution in [2.45, 2.75) is 52.5 Å². The number of rotatable bonds is 3.